The molecule has 0 saturated heterocycles. The fraction of sp³-hybridized carbons (Fsp3) is 0.182. The molecule has 0 fully saturated rings. The fourth-order valence-electron chi connectivity index (χ4n) is 3.11. The molecule has 3 aromatic carbocycles. The topological polar surface area (TPSA) is 0 Å². The van der Waals surface area contributed by atoms with Crippen LogP contribution in [0.1, 0.15) is 5.56 Å². The molecule has 0 bridgehead atoms. The van der Waals surface area contributed by atoms with Gasteiger partial charge in [0.15, 0.2) is 0 Å². The summed E-state index contributed by atoms with van der Waals surface area (Å²) in [6.45, 7) is 0. The molecule has 24 heavy (non-hydrogen) atoms. The Hall–Kier alpha value is -1.11. The molecular weight excluding hydrogens is 414 g/mol. The Labute approximate surface area is 151 Å². The van der Waals surface area contributed by atoms with E-state index in [1.165, 1.54) is 10.6 Å². The van der Waals surface area contributed by atoms with Gasteiger partial charge in [-0.05, 0) is 0 Å². The van der Waals surface area contributed by atoms with E-state index in [-0.39, 0.29) is 7.92 Å². The second-order valence-corrected chi connectivity index (χ2v) is 23.8. The van der Waals surface area contributed by atoms with Crippen molar-refractivity contribution in [1.82, 2.24) is 0 Å². The van der Waals surface area contributed by atoms with Crippen LogP contribution in [0.5, 0.6) is 0 Å². The van der Waals surface area contributed by atoms with E-state index in [1.54, 1.807) is 9.14 Å². The van der Waals surface area contributed by atoms with Gasteiger partial charge in [0.25, 0.3) is 0 Å². The zero-order valence-corrected chi connectivity index (χ0v) is 18.5. The summed E-state index contributed by atoms with van der Waals surface area (Å²) in [6, 6.07) is 31.2. The number of benzene rings is 3. The van der Waals surface area contributed by atoms with Crippen LogP contribution in [0.15, 0.2) is 84.9 Å². The van der Waals surface area contributed by atoms with Crippen molar-refractivity contribution < 1.29 is 0 Å². The molecule has 0 amide bonds. The Morgan fingerprint density at radius 3 is 1.58 bits per heavy atom. The van der Waals surface area contributed by atoms with Crippen molar-refractivity contribution >= 4 is 40.5 Å². The predicted octanol–water partition coefficient (Wildman–Crippen LogP) is 4.86. The van der Waals surface area contributed by atoms with E-state index in [0.29, 0.717) is 0 Å². The van der Waals surface area contributed by atoms with Gasteiger partial charge in [-0.1, -0.05) is 0 Å². The summed E-state index contributed by atoms with van der Waals surface area (Å²) in [5.41, 5.74) is 1.57. The summed E-state index contributed by atoms with van der Waals surface area (Å²) in [7, 11) is -0.357. The van der Waals surface area contributed by atoms with Crippen molar-refractivity contribution in [2.75, 3.05) is 0 Å². The molecule has 0 aliphatic rings. The van der Waals surface area contributed by atoms with Crippen molar-refractivity contribution in [2.45, 2.75) is 21.0 Å². The van der Waals surface area contributed by atoms with Crippen molar-refractivity contribution in [3.05, 3.63) is 90.5 Å². The average molecular weight is 439 g/mol. The SMILES string of the molecule is [CH3][Sn]([CH3])([CH3])[c]1ccccc1CP(c1ccccc1)c1ccccc1. The van der Waals surface area contributed by atoms with Gasteiger partial charge in [-0.3, -0.25) is 0 Å². The third-order valence-corrected chi connectivity index (χ3v) is 12.8. The van der Waals surface area contributed by atoms with Crippen LogP contribution in [0, 0.1) is 0 Å². The summed E-state index contributed by atoms with van der Waals surface area (Å²) in [5, 5.41) is 2.94. The molecule has 0 N–H and O–H groups in total. The Balaban J connectivity index is 2.03. The van der Waals surface area contributed by atoms with E-state index in [9.17, 15) is 0 Å². The molecule has 2 heteroatoms. The molecule has 0 atom stereocenters. The fourth-order valence-corrected chi connectivity index (χ4v) is 10.8. The molecule has 3 aromatic rings. The molecule has 0 nitrogen and oxygen atoms in total. The summed E-state index contributed by atoms with van der Waals surface area (Å²) in [6.07, 6.45) is 1.15. The summed E-state index contributed by atoms with van der Waals surface area (Å²) in [4.78, 5) is 7.54. The molecule has 0 heterocycles. The van der Waals surface area contributed by atoms with Crippen molar-refractivity contribution in [2.24, 2.45) is 0 Å². The molecule has 0 aromatic heterocycles. The normalized spacial score (nSPS) is 11.7. The molecule has 0 saturated carbocycles. The first-order valence-corrected chi connectivity index (χ1v) is 20.0. The molecule has 0 aliphatic carbocycles. The maximum absolute atomic E-state index is 2.51. The van der Waals surface area contributed by atoms with Gasteiger partial charge >= 0.3 is 152 Å². The van der Waals surface area contributed by atoms with Crippen molar-refractivity contribution in [1.29, 1.82) is 0 Å². The molecule has 122 valence electrons. The number of hydrogen-bond acceptors (Lipinski definition) is 0. The van der Waals surface area contributed by atoms with Gasteiger partial charge < -0.3 is 0 Å². The van der Waals surface area contributed by atoms with Crippen molar-refractivity contribution in [3.8, 4) is 0 Å². The first kappa shape index (κ1) is 17.7. The standard InChI is InChI=1S/C19H16P.3CH3.Sn/c1-4-10-17(11-5-1)16-20(18-12-6-2-7-13-18)19-14-8-3-9-15-19;;;;/h1-10,12-15H,16H2;3*1H3;. The van der Waals surface area contributed by atoms with E-state index in [1.807, 2.05) is 0 Å². The first-order chi connectivity index (χ1) is 11.6. The van der Waals surface area contributed by atoms with Gasteiger partial charge in [0.05, 0.1) is 0 Å². The molecule has 0 unspecified atom stereocenters. The van der Waals surface area contributed by atoms with Gasteiger partial charge in [-0.2, -0.15) is 0 Å². The Bertz CT molecular complexity index is 736. The number of hydrogen-bond donors (Lipinski definition) is 0. The Morgan fingerprint density at radius 2 is 1.08 bits per heavy atom. The quantitative estimate of drug-likeness (QED) is 0.394. The van der Waals surface area contributed by atoms with Crippen LogP contribution in [0.25, 0.3) is 0 Å². The maximum atomic E-state index is 2.51. The summed E-state index contributed by atoms with van der Waals surface area (Å²) < 4.78 is 1.67. The van der Waals surface area contributed by atoms with Gasteiger partial charge in [-0.15, -0.1) is 0 Å². The molecule has 0 aliphatic heterocycles. The average Bonchev–Trinajstić information content (AvgIpc) is 2.61. The molecule has 3 rings (SSSR count). The second-order valence-electron chi connectivity index (χ2n) is 7.16. The van der Waals surface area contributed by atoms with Gasteiger partial charge in [0.1, 0.15) is 0 Å². The summed E-state index contributed by atoms with van der Waals surface area (Å²) >= 11 is -2.11. The zero-order valence-electron chi connectivity index (χ0n) is 14.7. The van der Waals surface area contributed by atoms with Crippen LogP contribution in [-0.2, 0) is 6.16 Å². The van der Waals surface area contributed by atoms with E-state index < -0.39 is 18.4 Å². The van der Waals surface area contributed by atoms with Crippen LogP contribution < -0.4 is 14.2 Å². The molecule has 0 radical (unpaired) electrons. The second kappa shape index (κ2) is 7.85. The van der Waals surface area contributed by atoms with Crippen LogP contribution in [-0.4, -0.2) is 18.4 Å². The van der Waals surface area contributed by atoms with E-state index in [4.69, 9.17) is 0 Å². The van der Waals surface area contributed by atoms with Crippen LogP contribution >= 0.6 is 7.92 Å². The first-order valence-electron chi connectivity index (χ1n) is 8.52. The Kier molecular flexibility index (Phi) is 5.79. The minimum absolute atomic E-state index is 0.357. The monoisotopic (exact) mass is 440 g/mol. The third kappa shape index (κ3) is 4.29. The van der Waals surface area contributed by atoms with Crippen LogP contribution in [0.4, 0.5) is 0 Å². The van der Waals surface area contributed by atoms with Crippen LogP contribution in [0.2, 0.25) is 14.8 Å². The number of rotatable bonds is 5. The van der Waals surface area contributed by atoms with E-state index in [2.05, 4.69) is 99.7 Å². The van der Waals surface area contributed by atoms with Gasteiger partial charge in [0, 0.05) is 0 Å². The molecule has 0 spiro atoms. The van der Waals surface area contributed by atoms with E-state index in [0.717, 1.165) is 6.16 Å². The Morgan fingerprint density at radius 1 is 0.625 bits per heavy atom. The zero-order chi connectivity index (χ0) is 17.0. The van der Waals surface area contributed by atoms with Gasteiger partial charge in [-0.25, -0.2) is 0 Å². The van der Waals surface area contributed by atoms with Crippen molar-refractivity contribution in [3.63, 3.8) is 0 Å². The predicted molar refractivity (Wildman–Crippen MR) is 112 cm³/mol. The summed E-state index contributed by atoms with van der Waals surface area (Å²) in [5.74, 6) is 0. The van der Waals surface area contributed by atoms with Crippen LogP contribution in [0.3, 0.4) is 0 Å². The molecular formula is C22H25PSn. The van der Waals surface area contributed by atoms with Gasteiger partial charge in [0.2, 0.25) is 0 Å². The minimum atomic E-state index is -2.11. The third-order valence-electron chi connectivity index (χ3n) is 4.29. The van der Waals surface area contributed by atoms with E-state index >= 15 is 0 Å².